The number of aliphatic carboxylic acids is 1. The number of carboxylic acid groups (broad SMARTS) is 1. The van der Waals surface area contributed by atoms with Crippen molar-refractivity contribution in [2.24, 2.45) is 5.92 Å². The SMILES string of the molecule is CC(C)CCCCCCCCCCOC(=O)/C=C/C(=O)O. The van der Waals surface area contributed by atoms with Gasteiger partial charge < -0.3 is 9.84 Å². The first-order valence-electron chi connectivity index (χ1n) is 8.10. The molecule has 0 unspecified atom stereocenters. The molecule has 0 saturated heterocycles. The molecule has 0 spiro atoms. The molecule has 0 aromatic heterocycles. The number of hydrogen-bond acceptors (Lipinski definition) is 3. The highest BCUT2D eigenvalue weighted by molar-refractivity contribution is 5.90. The Morgan fingerprint density at radius 1 is 0.905 bits per heavy atom. The van der Waals surface area contributed by atoms with Crippen LogP contribution in [-0.4, -0.2) is 23.7 Å². The number of unbranched alkanes of at least 4 members (excludes halogenated alkanes) is 7. The summed E-state index contributed by atoms with van der Waals surface area (Å²) in [5, 5.41) is 8.34. The van der Waals surface area contributed by atoms with Crippen LogP contribution in [0.3, 0.4) is 0 Å². The summed E-state index contributed by atoms with van der Waals surface area (Å²) in [4.78, 5) is 21.2. The van der Waals surface area contributed by atoms with E-state index in [0.717, 1.165) is 30.9 Å². The van der Waals surface area contributed by atoms with Crippen LogP contribution in [0.5, 0.6) is 0 Å². The molecule has 0 aliphatic rings. The molecule has 0 aromatic carbocycles. The normalized spacial score (nSPS) is 11.2. The summed E-state index contributed by atoms with van der Waals surface area (Å²) in [5.41, 5.74) is 0. The van der Waals surface area contributed by atoms with Gasteiger partial charge in [0.1, 0.15) is 0 Å². The molecule has 0 atom stereocenters. The lowest BCUT2D eigenvalue weighted by Crippen LogP contribution is -2.03. The third-order valence-electron chi connectivity index (χ3n) is 3.28. The Morgan fingerprint density at radius 3 is 1.95 bits per heavy atom. The van der Waals surface area contributed by atoms with Crippen LogP contribution in [0.15, 0.2) is 12.2 Å². The third-order valence-corrected chi connectivity index (χ3v) is 3.28. The lowest BCUT2D eigenvalue weighted by Gasteiger charge is -2.05. The third kappa shape index (κ3) is 16.6. The number of hydrogen-bond donors (Lipinski definition) is 1. The molecule has 21 heavy (non-hydrogen) atoms. The van der Waals surface area contributed by atoms with Crippen molar-refractivity contribution in [2.45, 2.75) is 71.6 Å². The van der Waals surface area contributed by atoms with Crippen LogP contribution in [0.25, 0.3) is 0 Å². The topological polar surface area (TPSA) is 63.6 Å². The molecule has 0 radical (unpaired) electrons. The van der Waals surface area contributed by atoms with Gasteiger partial charge in [-0.05, 0) is 12.3 Å². The Bertz CT molecular complexity index is 308. The van der Waals surface area contributed by atoms with E-state index >= 15 is 0 Å². The van der Waals surface area contributed by atoms with Gasteiger partial charge in [-0.2, -0.15) is 0 Å². The van der Waals surface area contributed by atoms with Crippen LogP contribution in [0.4, 0.5) is 0 Å². The standard InChI is InChI=1S/C17H30O4/c1-15(2)11-9-7-5-3-4-6-8-10-14-21-17(20)13-12-16(18)19/h12-13,15H,3-11,14H2,1-2H3,(H,18,19)/b13-12+. The molecule has 0 rings (SSSR count). The van der Waals surface area contributed by atoms with Gasteiger partial charge in [0.15, 0.2) is 0 Å². The number of ether oxygens (including phenoxy) is 1. The smallest absolute Gasteiger partial charge is 0.331 e. The first-order chi connectivity index (χ1) is 10.0. The van der Waals surface area contributed by atoms with Crippen LogP contribution in [-0.2, 0) is 14.3 Å². The first kappa shape index (κ1) is 19.7. The molecular formula is C17H30O4. The highest BCUT2D eigenvalue weighted by Gasteiger charge is 1.98. The van der Waals surface area contributed by atoms with E-state index in [1.54, 1.807) is 0 Å². The molecule has 4 nitrogen and oxygen atoms in total. The van der Waals surface area contributed by atoms with E-state index in [-0.39, 0.29) is 0 Å². The second kappa shape index (κ2) is 13.7. The van der Waals surface area contributed by atoms with Gasteiger partial charge in [0.2, 0.25) is 0 Å². The summed E-state index contributed by atoms with van der Waals surface area (Å²) >= 11 is 0. The summed E-state index contributed by atoms with van der Waals surface area (Å²) in [6.45, 7) is 4.91. The number of esters is 1. The zero-order valence-corrected chi connectivity index (χ0v) is 13.5. The zero-order chi connectivity index (χ0) is 15.9. The molecular weight excluding hydrogens is 268 g/mol. The van der Waals surface area contributed by atoms with Crippen LogP contribution in [0.2, 0.25) is 0 Å². The number of carboxylic acids is 1. The lowest BCUT2D eigenvalue weighted by molar-refractivity contribution is -0.138. The average molecular weight is 298 g/mol. The largest absolute Gasteiger partial charge is 0.478 e. The summed E-state index contributed by atoms with van der Waals surface area (Å²) in [5.74, 6) is -0.902. The maximum Gasteiger partial charge on any atom is 0.331 e. The van der Waals surface area contributed by atoms with E-state index < -0.39 is 11.9 Å². The van der Waals surface area contributed by atoms with Gasteiger partial charge in [-0.15, -0.1) is 0 Å². The molecule has 0 aliphatic heterocycles. The van der Waals surface area contributed by atoms with Crippen LogP contribution in [0.1, 0.15) is 71.6 Å². The summed E-state index contributed by atoms with van der Waals surface area (Å²) in [7, 11) is 0. The maximum absolute atomic E-state index is 11.1. The van der Waals surface area contributed by atoms with E-state index in [2.05, 4.69) is 13.8 Å². The molecule has 0 heterocycles. The molecule has 0 amide bonds. The number of carbonyl (C=O) groups excluding carboxylic acids is 1. The Hall–Kier alpha value is -1.32. The molecule has 0 aliphatic carbocycles. The highest BCUT2D eigenvalue weighted by atomic mass is 16.5. The number of carbonyl (C=O) groups is 2. The average Bonchev–Trinajstić information content (AvgIpc) is 2.42. The van der Waals surface area contributed by atoms with E-state index in [9.17, 15) is 9.59 Å². The van der Waals surface area contributed by atoms with Gasteiger partial charge in [-0.1, -0.05) is 65.2 Å². The van der Waals surface area contributed by atoms with Crippen molar-refractivity contribution < 1.29 is 19.4 Å². The predicted octanol–water partition coefficient (Wildman–Crippen LogP) is 4.34. The highest BCUT2D eigenvalue weighted by Crippen LogP contribution is 2.12. The fraction of sp³-hybridized carbons (Fsp3) is 0.765. The van der Waals surface area contributed by atoms with Gasteiger partial charge in [0, 0.05) is 12.2 Å². The summed E-state index contributed by atoms with van der Waals surface area (Å²) in [6, 6.07) is 0. The molecule has 0 bridgehead atoms. The van der Waals surface area contributed by atoms with Crippen LogP contribution in [0, 0.1) is 5.92 Å². The van der Waals surface area contributed by atoms with Gasteiger partial charge in [0.25, 0.3) is 0 Å². The molecule has 0 aromatic rings. The Morgan fingerprint density at radius 2 is 1.43 bits per heavy atom. The Kier molecular flexibility index (Phi) is 12.8. The fourth-order valence-corrected chi connectivity index (χ4v) is 2.08. The second-order valence-electron chi connectivity index (χ2n) is 5.85. The van der Waals surface area contributed by atoms with E-state index in [4.69, 9.17) is 9.84 Å². The minimum Gasteiger partial charge on any atom is -0.478 e. The monoisotopic (exact) mass is 298 g/mol. The number of rotatable bonds is 13. The Labute approximate surface area is 128 Å². The minimum absolute atomic E-state index is 0.372. The Balaban J connectivity index is 3.22. The molecule has 0 fully saturated rings. The van der Waals surface area contributed by atoms with E-state index in [0.29, 0.717) is 6.61 Å². The molecule has 4 heteroatoms. The first-order valence-corrected chi connectivity index (χ1v) is 8.10. The zero-order valence-electron chi connectivity index (χ0n) is 13.5. The van der Waals surface area contributed by atoms with Crippen molar-refractivity contribution in [1.29, 1.82) is 0 Å². The lowest BCUT2D eigenvalue weighted by atomic mass is 10.0. The van der Waals surface area contributed by atoms with Crippen LogP contribution < -0.4 is 0 Å². The van der Waals surface area contributed by atoms with Crippen LogP contribution >= 0.6 is 0 Å². The van der Waals surface area contributed by atoms with Crippen molar-refractivity contribution in [1.82, 2.24) is 0 Å². The quantitative estimate of drug-likeness (QED) is 0.312. The maximum atomic E-state index is 11.1. The van der Waals surface area contributed by atoms with E-state index in [1.807, 2.05) is 0 Å². The summed E-state index contributed by atoms with van der Waals surface area (Å²) < 4.78 is 4.89. The van der Waals surface area contributed by atoms with Crippen molar-refractivity contribution in [3.63, 3.8) is 0 Å². The molecule has 1 N–H and O–H groups in total. The van der Waals surface area contributed by atoms with Gasteiger partial charge in [0.05, 0.1) is 6.61 Å². The van der Waals surface area contributed by atoms with Gasteiger partial charge in [-0.25, -0.2) is 9.59 Å². The van der Waals surface area contributed by atoms with Gasteiger partial charge in [-0.3, -0.25) is 0 Å². The van der Waals surface area contributed by atoms with Crippen molar-refractivity contribution in [2.75, 3.05) is 6.61 Å². The second-order valence-corrected chi connectivity index (χ2v) is 5.85. The van der Waals surface area contributed by atoms with Crippen molar-refractivity contribution in [3.8, 4) is 0 Å². The van der Waals surface area contributed by atoms with Gasteiger partial charge >= 0.3 is 11.9 Å². The minimum atomic E-state index is -1.14. The van der Waals surface area contributed by atoms with E-state index in [1.165, 1.54) is 44.9 Å². The predicted molar refractivity (Wildman–Crippen MR) is 84.1 cm³/mol. The summed E-state index contributed by atoms with van der Waals surface area (Å²) in [6.07, 6.45) is 12.7. The molecule has 122 valence electrons. The molecule has 0 saturated carbocycles. The van der Waals surface area contributed by atoms with Crippen molar-refractivity contribution >= 4 is 11.9 Å². The fourth-order valence-electron chi connectivity index (χ4n) is 2.08. The van der Waals surface area contributed by atoms with Crippen molar-refractivity contribution in [3.05, 3.63) is 12.2 Å².